The summed E-state index contributed by atoms with van der Waals surface area (Å²) >= 11 is -2.61. The third kappa shape index (κ3) is 10.4. The van der Waals surface area contributed by atoms with Crippen molar-refractivity contribution in [1.82, 2.24) is 0 Å². The Bertz CT molecular complexity index is 1730. The molecule has 1 aliphatic carbocycles. The average molecular weight is 668 g/mol. The monoisotopic (exact) mass is 667 g/mol. The summed E-state index contributed by atoms with van der Waals surface area (Å²) in [6.07, 6.45) is 2.16. The van der Waals surface area contributed by atoms with Crippen molar-refractivity contribution in [3.05, 3.63) is 75.7 Å². The van der Waals surface area contributed by atoms with Crippen LogP contribution in [0.5, 0.6) is 0 Å². The van der Waals surface area contributed by atoms with Gasteiger partial charge in [-0.15, -0.1) is 0 Å². The zero-order valence-electron chi connectivity index (χ0n) is 21.4. The van der Waals surface area contributed by atoms with Gasteiger partial charge in [-0.2, -0.15) is 12.6 Å². The largest absolute Gasteiger partial charge is 1.00 e. The summed E-state index contributed by atoms with van der Waals surface area (Å²) in [5, 5.41) is 7.93. The third-order valence-corrected chi connectivity index (χ3v) is 7.67. The van der Waals surface area contributed by atoms with Crippen LogP contribution >= 0.6 is 0 Å². The number of hydrogen-bond acceptors (Lipinski definition) is 12. The van der Waals surface area contributed by atoms with Gasteiger partial charge in [0.1, 0.15) is 25.1 Å². The molecule has 3 rings (SSSR count). The molecule has 212 valence electrons. The van der Waals surface area contributed by atoms with Crippen LogP contribution in [0.2, 0.25) is 0 Å². The van der Waals surface area contributed by atoms with Gasteiger partial charge in [-0.05, 0) is 71.2 Å². The first-order valence-electron chi connectivity index (χ1n) is 9.87. The van der Waals surface area contributed by atoms with Gasteiger partial charge in [0.2, 0.25) is 0 Å². The van der Waals surface area contributed by atoms with E-state index in [0.717, 1.165) is 30.3 Å². The molecule has 15 nitrogen and oxygen atoms in total. The first-order chi connectivity index (χ1) is 17.6. The molecule has 21 heteroatoms. The van der Waals surface area contributed by atoms with E-state index >= 15 is 0 Å². The van der Waals surface area contributed by atoms with E-state index in [4.69, 9.17) is 30.2 Å². The van der Waals surface area contributed by atoms with Crippen molar-refractivity contribution in [3.63, 3.8) is 0 Å². The van der Waals surface area contributed by atoms with E-state index in [0.29, 0.717) is 0 Å². The molecule has 0 unspecified atom stereocenters. The minimum atomic E-state index is -5.13. The Morgan fingerprint density at radius 2 is 1.24 bits per heavy atom. The first kappa shape index (κ1) is 39.7. The number of nitrogens with two attached hydrogens (primary N) is 2. The van der Waals surface area contributed by atoms with E-state index in [1.807, 2.05) is 0 Å². The summed E-state index contributed by atoms with van der Waals surface area (Å²) in [5.74, 6) is 0. The van der Waals surface area contributed by atoms with Crippen LogP contribution in [0.3, 0.4) is 0 Å². The second-order valence-corrected chi connectivity index (χ2v) is 12.2. The van der Waals surface area contributed by atoms with Gasteiger partial charge in [0.25, 0.3) is 21.5 Å². The predicted molar refractivity (Wildman–Crippen MR) is 138 cm³/mol. The van der Waals surface area contributed by atoms with Crippen LogP contribution in [-0.2, 0) is 41.7 Å². The van der Waals surface area contributed by atoms with E-state index in [9.17, 15) is 38.9 Å². The molecule has 0 fully saturated rings. The summed E-state index contributed by atoms with van der Waals surface area (Å²) < 4.78 is 126. The average Bonchev–Trinajstić information content (AvgIpc) is 2.75. The van der Waals surface area contributed by atoms with Crippen molar-refractivity contribution in [1.29, 1.82) is 5.41 Å². The fraction of sp³-hybridized carbons (Fsp3) is 0.0500. The molecule has 1 aliphatic rings. The maximum absolute atomic E-state index is 11.8. The van der Waals surface area contributed by atoms with Gasteiger partial charge in [-0.1, -0.05) is 12.1 Å². The van der Waals surface area contributed by atoms with Gasteiger partial charge in [0, 0.05) is 5.69 Å². The van der Waals surface area contributed by atoms with Gasteiger partial charge in [-0.3, -0.25) is 19.1 Å². The zero-order valence-corrected chi connectivity index (χ0v) is 28.7. The molecule has 0 saturated carbocycles. The number of nitrogen functional groups attached to an aromatic ring is 2. The molecule has 0 atom stereocenters. The minimum absolute atomic E-state index is 0. The molecular weight excluding hydrogens is 648 g/mol. The van der Waals surface area contributed by atoms with Gasteiger partial charge in [-0.25, -0.2) is 16.8 Å². The number of nitrogens with one attached hydrogen (secondary N) is 1. The molecule has 2 aromatic rings. The van der Waals surface area contributed by atoms with Crippen LogP contribution in [0.25, 0.3) is 5.57 Å². The van der Waals surface area contributed by atoms with Crippen molar-refractivity contribution >= 4 is 64.4 Å². The normalized spacial score (nSPS) is 15.0. The molecule has 8 N–H and O–H groups in total. The van der Waals surface area contributed by atoms with Crippen LogP contribution in [0.4, 0.5) is 11.4 Å². The van der Waals surface area contributed by atoms with Crippen molar-refractivity contribution in [2.45, 2.75) is 16.7 Å². The summed E-state index contributed by atoms with van der Waals surface area (Å²) in [5.41, 5.74) is 9.90. The van der Waals surface area contributed by atoms with Crippen LogP contribution in [0.1, 0.15) is 18.1 Å². The Kier molecular flexibility index (Phi) is 14.5. The Hall–Kier alpha value is -1.27. The maximum atomic E-state index is 11.8. The van der Waals surface area contributed by atoms with E-state index < -0.39 is 62.1 Å². The predicted octanol–water partition coefficient (Wildman–Crippen LogP) is -5.10. The molecule has 0 bridgehead atoms. The van der Waals surface area contributed by atoms with Crippen LogP contribution in [0.15, 0.2) is 74.4 Å². The van der Waals surface area contributed by atoms with Gasteiger partial charge in [0.15, 0.2) is 0 Å². The van der Waals surface area contributed by atoms with Crippen molar-refractivity contribution < 1.29 is 111 Å². The van der Waals surface area contributed by atoms with Crippen LogP contribution < -0.4 is 70.6 Å². The van der Waals surface area contributed by atoms with Gasteiger partial charge in [0.05, 0.1) is 21.2 Å². The number of rotatable bonds is 5. The fourth-order valence-corrected chi connectivity index (χ4v) is 5.37. The minimum Gasteiger partial charge on any atom is -0.744 e. The van der Waals surface area contributed by atoms with E-state index in [1.54, 1.807) is 0 Å². The molecule has 0 saturated heterocycles. The Morgan fingerprint density at radius 1 is 0.829 bits per heavy atom. The van der Waals surface area contributed by atoms with Gasteiger partial charge >= 0.3 is 59.1 Å². The maximum Gasteiger partial charge on any atom is 1.00 e. The van der Waals surface area contributed by atoms with E-state index in [2.05, 4.69) is 0 Å². The second kappa shape index (κ2) is 14.9. The van der Waals surface area contributed by atoms with E-state index in [1.165, 1.54) is 25.1 Å². The molecule has 0 aromatic heterocycles. The fourth-order valence-electron chi connectivity index (χ4n) is 3.42. The van der Waals surface area contributed by atoms with Gasteiger partial charge < -0.3 is 20.6 Å². The summed E-state index contributed by atoms with van der Waals surface area (Å²) in [6.45, 7) is 1.35. The Morgan fingerprint density at radius 3 is 1.63 bits per heavy atom. The van der Waals surface area contributed by atoms with Crippen LogP contribution in [-0.4, -0.2) is 57.9 Å². The number of allylic oxidation sites excluding steroid dienone is 5. The topological polar surface area (TPSA) is 302 Å². The molecule has 0 amide bonds. The molecule has 0 spiro atoms. The molecular formula is C20H19N3Na2O12S4. The van der Waals surface area contributed by atoms with Crippen molar-refractivity contribution in [2.75, 3.05) is 11.5 Å². The standard InChI is InChI=1S/C20H19N3O9S3.2Na.H2O3S/c1-10-6-13(9-18(20(10)23)35(30,31)32)19(11-2-4-14(21)16(7-11)33(24,25)26)12-3-5-15(22)17(8-12)34(27,28)29;;;1-4(2)3/h2-9,23H,21-22H2,1H3,(H,24,25,26)(H,27,28,29)(H,30,31,32);;;(H2,1,2,3)/q;2*+1;/p-2. The molecule has 0 radical (unpaired) electrons. The molecule has 0 aliphatic heterocycles. The molecule has 2 aromatic carbocycles. The SMILES string of the molecule is CC1=CC(=C(c2ccc(N)c(S(=O)(=O)[O-])c2)c2ccc(N)c(S(=O)(=O)O)c2)C=C(S(=O)(=O)[O-])C1=N.O=S(O)O.[Na+].[Na+]. The summed E-state index contributed by atoms with van der Waals surface area (Å²) in [4.78, 5) is -2.39. The number of anilines is 2. The molecule has 41 heavy (non-hydrogen) atoms. The first-order valence-corrected chi connectivity index (χ1v) is 15.2. The number of benzene rings is 2. The smallest absolute Gasteiger partial charge is 0.744 e. The molecule has 0 heterocycles. The quantitative estimate of drug-likeness (QED) is 0.0752. The van der Waals surface area contributed by atoms with Crippen molar-refractivity contribution in [2.24, 2.45) is 0 Å². The summed E-state index contributed by atoms with van der Waals surface area (Å²) in [6, 6.07) is 6.62. The Balaban J connectivity index is 0.00000250. The third-order valence-electron chi connectivity index (χ3n) is 5.01. The Labute approximate surface area is 282 Å². The van der Waals surface area contributed by atoms with E-state index in [-0.39, 0.29) is 98.3 Å². The number of hydrogen-bond donors (Lipinski definition) is 6. The zero-order chi connectivity index (χ0) is 30.1. The second-order valence-electron chi connectivity index (χ2n) is 7.66. The summed E-state index contributed by atoms with van der Waals surface area (Å²) in [7, 11) is -15.0. The van der Waals surface area contributed by atoms with Crippen molar-refractivity contribution in [3.8, 4) is 0 Å². The van der Waals surface area contributed by atoms with Crippen LogP contribution in [0, 0.1) is 5.41 Å².